The SMILES string of the molecule is c1cc(-c2ccc3c(c2)c2ccccc2c2nccnc32)cc(-c2cccc3c2oc2ccccc23)c1. The Morgan fingerprint density at radius 3 is 1.95 bits per heavy atom. The van der Waals surface area contributed by atoms with Crippen LogP contribution in [0.15, 0.2) is 126 Å². The first-order valence-corrected chi connectivity index (χ1v) is 12.4. The number of benzene rings is 6. The maximum atomic E-state index is 6.32. The predicted octanol–water partition coefficient (Wildman–Crippen LogP) is 9.17. The third-order valence-corrected chi connectivity index (χ3v) is 7.36. The van der Waals surface area contributed by atoms with E-state index in [9.17, 15) is 0 Å². The quantitative estimate of drug-likeness (QED) is 0.235. The molecular weight excluding hydrogens is 452 g/mol. The van der Waals surface area contributed by atoms with Crippen molar-refractivity contribution in [3.8, 4) is 22.3 Å². The Hall–Kier alpha value is -5.02. The molecule has 0 N–H and O–H groups in total. The lowest BCUT2D eigenvalue weighted by molar-refractivity contribution is 0.670. The highest BCUT2D eigenvalue weighted by Gasteiger charge is 2.14. The first-order valence-electron chi connectivity index (χ1n) is 12.4. The minimum atomic E-state index is 0.915. The van der Waals surface area contributed by atoms with Gasteiger partial charge in [0.15, 0.2) is 0 Å². The summed E-state index contributed by atoms with van der Waals surface area (Å²) in [6, 6.07) is 38.4. The zero-order chi connectivity index (χ0) is 24.3. The van der Waals surface area contributed by atoms with Gasteiger partial charge in [-0.05, 0) is 45.7 Å². The highest BCUT2D eigenvalue weighted by molar-refractivity contribution is 6.23. The fourth-order valence-electron chi connectivity index (χ4n) is 5.65. The minimum absolute atomic E-state index is 0.915. The van der Waals surface area contributed by atoms with E-state index in [1.54, 1.807) is 12.4 Å². The summed E-state index contributed by atoms with van der Waals surface area (Å²) in [7, 11) is 0. The highest BCUT2D eigenvalue weighted by Crippen LogP contribution is 2.38. The van der Waals surface area contributed by atoms with Crippen LogP contribution in [0.5, 0.6) is 0 Å². The van der Waals surface area contributed by atoms with Crippen molar-refractivity contribution in [3.63, 3.8) is 0 Å². The van der Waals surface area contributed by atoms with E-state index in [-0.39, 0.29) is 0 Å². The van der Waals surface area contributed by atoms with Gasteiger partial charge in [0, 0.05) is 39.5 Å². The lowest BCUT2D eigenvalue weighted by Gasteiger charge is -2.11. The van der Waals surface area contributed by atoms with Gasteiger partial charge in [0.05, 0.1) is 11.0 Å². The van der Waals surface area contributed by atoms with E-state index in [0.717, 1.165) is 60.4 Å². The largest absolute Gasteiger partial charge is 0.455 e. The molecule has 0 fully saturated rings. The van der Waals surface area contributed by atoms with Gasteiger partial charge in [-0.15, -0.1) is 0 Å². The van der Waals surface area contributed by atoms with E-state index < -0.39 is 0 Å². The fraction of sp³-hybridized carbons (Fsp3) is 0. The molecular formula is C34H20N2O. The van der Waals surface area contributed by atoms with Crippen LogP contribution in [0.2, 0.25) is 0 Å². The molecule has 0 saturated carbocycles. The summed E-state index contributed by atoms with van der Waals surface area (Å²) in [5.74, 6) is 0. The molecule has 0 spiro atoms. The number of furan rings is 1. The van der Waals surface area contributed by atoms with Crippen LogP contribution in [0.4, 0.5) is 0 Å². The average molecular weight is 473 g/mol. The normalized spacial score (nSPS) is 11.8. The molecule has 0 aliphatic carbocycles. The van der Waals surface area contributed by atoms with Gasteiger partial charge in [-0.25, -0.2) is 0 Å². The zero-order valence-corrected chi connectivity index (χ0v) is 19.8. The Balaban J connectivity index is 1.34. The molecule has 0 unspecified atom stereocenters. The molecule has 0 bridgehead atoms. The molecule has 0 aliphatic rings. The predicted molar refractivity (Wildman–Crippen MR) is 153 cm³/mol. The average Bonchev–Trinajstić information content (AvgIpc) is 3.36. The molecule has 8 aromatic rings. The van der Waals surface area contributed by atoms with Gasteiger partial charge >= 0.3 is 0 Å². The molecule has 0 atom stereocenters. The van der Waals surface area contributed by atoms with Gasteiger partial charge in [-0.2, -0.15) is 0 Å². The Morgan fingerprint density at radius 1 is 0.432 bits per heavy atom. The Morgan fingerprint density at radius 2 is 1.08 bits per heavy atom. The van der Waals surface area contributed by atoms with Crippen molar-refractivity contribution in [3.05, 3.63) is 122 Å². The maximum Gasteiger partial charge on any atom is 0.143 e. The molecule has 0 amide bonds. The van der Waals surface area contributed by atoms with Crippen LogP contribution in [-0.2, 0) is 0 Å². The lowest BCUT2D eigenvalue weighted by Crippen LogP contribution is -1.89. The fourth-order valence-corrected chi connectivity index (χ4v) is 5.65. The second-order valence-electron chi connectivity index (χ2n) is 9.42. The van der Waals surface area contributed by atoms with Crippen molar-refractivity contribution in [2.24, 2.45) is 0 Å². The van der Waals surface area contributed by atoms with Gasteiger partial charge in [0.1, 0.15) is 11.2 Å². The molecule has 0 aliphatic heterocycles. The molecule has 8 rings (SSSR count). The molecule has 3 heteroatoms. The molecule has 37 heavy (non-hydrogen) atoms. The second kappa shape index (κ2) is 7.74. The molecule has 172 valence electrons. The maximum absolute atomic E-state index is 6.32. The smallest absolute Gasteiger partial charge is 0.143 e. The van der Waals surface area contributed by atoms with Crippen LogP contribution in [-0.4, -0.2) is 9.97 Å². The number of fused-ring (bicyclic) bond motifs is 9. The monoisotopic (exact) mass is 472 g/mol. The number of para-hydroxylation sites is 2. The number of nitrogens with zero attached hydrogens (tertiary/aromatic N) is 2. The van der Waals surface area contributed by atoms with Crippen molar-refractivity contribution in [1.82, 2.24) is 9.97 Å². The van der Waals surface area contributed by atoms with E-state index in [2.05, 4.69) is 107 Å². The summed E-state index contributed by atoms with van der Waals surface area (Å²) in [5, 5.41) is 6.91. The first kappa shape index (κ1) is 20.2. The summed E-state index contributed by atoms with van der Waals surface area (Å²) in [4.78, 5) is 9.34. The van der Waals surface area contributed by atoms with Gasteiger partial charge in [0.25, 0.3) is 0 Å². The summed E-state index contributed by atoms with van der Waals surface area (Å²) in [6.07, 6.45) is 3.54. The van der Waals surface area contributed by atoms with E-state index in [1.165, 1.54) is 16.3 Å². The van der Waals surface area contributed by atoms with Crippen LogP contribution in [0, 0.1) is 0 Å². The van der Waals surface area contributed by atoms with Crippen molar-refractivity contribution >= 4 is 54.5 Å². The molecule has 0 saturated heterocycles. The second-order valence-corrected chi connectivity index (χ2v) is 9.42. The zero-order valence-electron chi connectivity index (χ0n) is 19.8. The third kappa shape index (κ3) is 3.01. The molecule has 3 nitrogen and oxygen atoms in total. The van der Waals surface area contributed by atoms with Gasteiger partial charge < -0.3 is 4.42 Å². The summed E-state index contributed by atoms with van der Waals surface area (Å²) < 4.78 is 6.32. The van der Waals surface area contributed by atoms with Crippen LogP contribution in [0.3, 0.4) is 0 Å². The van der Waals surface area contributed by atoms with Crippen molar-refractivity contribution in [2.45, 2.75) is 0 Å². The number of hydrogen-bond donors (Lipinski definition) is 0. The van der Waals surface area contributed by atoms with Crippen LogP contribution < -0.4 is 0 Å². The van der Waals surface area contributed by atoms with Crippen LogP contribution >= 0.6 is 0 Å². The van der Waals surface area contributed by atoms with E-state index >= 15 is 0 Å². The summed E-state index contributed by atoms with van der Waals surface area (Å²) in [6.45, 7) is 0. The molecule has 2 heterocycles. The topological polar surface area (TPSA) is 38.9 Å². The van der Waals surface area contributed by atoms with Crippen molar-refractivity contribution in [2.75, 3.05) is 0 Å². The Labute approximate surface area is 212 Å². The van der Waals surface area contributed by atoms with Crippen LogP contribution in [0.1, 0.15) is 0 Å². The van der Waals surface area contributed by atoms with E-state index in [0.29, 0.717) is 0 Å². The molecule has 0 radical (unpaired) electrons. The highest BCUT2D eigenvalue weighted by atomic mass is 16.3. The van der Waals surface area contributed by atoms with Gasteiger partial charge in [-0.1, -0.05) is 91.0 Å². The lowest BCUT2D eigenvalue weighted by atomic mass is 9.94. The standard InChI is InChI=1S/C34H20N2O/c1-2-11-27-25(9-1)30-20-22(15-16-28(30)33-32(27)35-17-18-36-33)21-7-5-8-23(19-21)24-12-6-13-29-26-10-3-4-14-31(26)37-34(24)29/h1-20H. The summed E-state index contributed by atoms with van der Waals surface area (Å²) >= 11 is 0. The van der Waals surface area contributed by atoms with Gasteiger partial charge in [-0.3, -0.25) is 9.97 Å². The molecule has 6 aromatic carbocycles. The van der Waals surface area contributed by atoms with E-state index in [1.807, 2.05) is 12.1 Å². The van der Waals surface area contributed by atoms with Crippen molar-refractivity contribution in [1.29, 1.82) is 0 Å². The minimum Gasteiger partial charge on any atom is -0.455 e. The van der Waals surface area contributed by atoms with Crippen LogP contribution in [0.25, 0.3) is 76.8 Å². The molecule has 2 aromatic heterocycles. The van der Waals surface area contributed by atoms with Crippen molar-refractivity contribution < 1.29 is 4.42 Å². The Kier molecular flexibility index (Phi) is 4.23. The number of hydrogen-bond acceptors (Lipinski definition) is 3. The summed E-state index contributed by atoms with van der Waals surface area (Å²) in [5.41, 5.74) is 8.29. The first-order chi connectivity index (χ1) is 18.3. The van der Waals surface area contributed by atoms with Gasteiger partial charge in [0.2, 0.25) is 0 Å². The van der Waals surface area contributed by atoms with E-state index in [4.69, 9.17) is 4.42 Å². The third-order valence-electron chi connectivity index (χ3n) is 7.36. The Bertz CT molecular complexity index is 2120. The number of rotatable bonds is 2. The number of aromatic nitrogens is 2.